The molecule has 1 fully saturated rings. The molecule has 0 bridgehead atoms. The summed E-state index contributed by atoms with van der Waals surface area (Å²) < 4.78 is 0. The fourth-order valence-corrected chi connectivity index (χ4v) is 3.31. The molecule has 15 heavy (non-hydrogen) atoms. The Morgan fingerprint density at radius 2 is 2.20 bits per heavy atom. The molecule has 88 valence electrons. The lowest BCUT2D eigenvalue weighted by molar-refractivity contribution is -0.119. The van der Waals surface area contributed by atoms with Crippen LogP contribution in [0.25, 0.3) is 0 Å². The zero-order chi connectivity index (χ0) is 11.5. The molecule has 1 saturated carbocycles. The Bertz CT molecular complexity index is 233. The van der Waals surface area contributed by atoms with Crippen LogP contribution in [0.2, 0.25) is 0 Å². The minimum atomic E-state index is 0.133. The summed E-state index contributed by atoms with van der Waals surface area (Å²) in [6.07, 6.45) is 4.93. The molecule has 2 atom stereocenters. The van der Waals surface area contributed by atoms with Gasteiger partial charge in [-0.1, -0.05) is 13.8 Å². The average Bonchev–Trinajstić information content (AvgIpc) is 1.99. The molecule has 0 saturated heterocycles. The number of alkyl halides is 1. The number of carbonyl (C=O) groups is 1. The van der Waals surface area contributed by atoms with Gasteiger partial charge < -0.3 is 5.32 Å². The van der Waals surface area contributed by atoms with Gasteiger partial charge in [0.25, 0.3) is 0 Å². The lowest BCUT2D eigenvalue weighted by Crippen LogP contribution is -2.44. The van der Waals surface area contributed by atoms with Gasteiger partial charge in [0.05, 0.1) is 5.75 Å². The molecule has 0 aliphatic heterocycles. The van der Waals surface area contributed by atoms with Crippen LogP contribution in [0.4, 0.5) is 0 Å². The van der Waals surface area contributed by atoms with Gasteiger partial charge in [0, 0.05) is 11.4 Å². The van der Waals surface area contributed by atoms with Crippen LogP contribution in [-0.2, 0) is 4.79 Å². The zero-order valence-electron chi connectivity index (χ0n) is 9.68. The van der Waals surface area contributed by atoms with E-state index in [9.17, 15) is 4.79 Å². The third kappa shape index (κ3) is 4.64. The second-order valence-corrected chi connectivity index (χ2v) is 6.59. The summed E-state index contributed by atoms with van der Waals surface area (Å²) >= 11 is 7.75. The van der Waals surface area contributed by atoms with E-state index in [1.165, 1.54) is 0 Å². The third-order valence-electron chi connectivity index (χ3n) is 2.75. The molecule has 1 aliphatic carbocycles. The van der Waals surface area contributed by atoms with Crippen LogP contribution in [-0.4, -0.2) is 29.3 Å². The number of rotatable bonds is 3. The van der Waals surface area contributed by atoms with E-state index in [0.29, 0.717) is 5.75 Å². The van der Waals surface area contributed by atoms with Crippen LogP contribution in [0.5, 0.6) is 0 Å². The van der Waals surface area contributed by atoms with Gasteiger partial charge in [0.15, 0.2) is 0 Å². The Morgan fingerprint density at radius 3 is 2.73 bits per heavy atom. The molecule has 1 amide bonds. The molecular formula is C11H20ClNOS. The molecule has 1 rings (SSSR count). The van der Waals surface area contributed by atoms with Crippen molar-refractivity contribution in [2.45, 2.75) is 44.5 Å². The summed E-state index contributed by atoms with van der Waals surface area (Å²) in [5, 5.41) is 3.26. The van der Waals surface area contributed by atoms with E-state index in [1.807, 2.05) is 6.26 Å². The van der Waals surface area contributed by atoms with Gasteiger partial charge in [-0.2, -0.15) is 11.8 Å². The van der Waals surface area contributed by atoms with Crippen molar-refractivity contribution in [1.82, 2.24) is 5.32 Å². The summed E-state index contributed by atoms with van der Waals surface area (Å²) in [6, 6.07) is 0.260. The molecule has 1 N–H and O–H groups in total. The van der Waals surface area contributed by atoms with Gasteiger partial charge in [-0.05, 0) is 30.9 Å². The van der Waals surface area contributed by atoms with E-state index in [4.69, 9.17) is 11.6 Å². The highest BCUT2D eigenvalue weighted by atomic mass is 35.5. The van der Waals surface area contributed by atoms with Crippen LogP contribution < -0.4 is 5.32 Å². The van der Waals surface area contributed by atoms with Gasteiger partial charge in [-0.15, -0.1) is 11.6 Å². The Morgan fingerprint density at radius 1 is 1.53 bits per heavy atom. The Hall–Kier alpha value is 0.110. The highest BCUT2D eigenvalue weighted by molar-refractivity contribution is 7.99. The number of thioether (sulfide) groups is 1. The molecule has 2 nitrogen and oxygen atoms in total. The summed E-state index contributed by atoms with van der Waals surface area (Å²) in [7, 11) is 0. The smallest absolute Gasteiger partial charge is 0.230 e. The van der Waals surface area contributed by atoms with Crippen molar-refractivity contribution < 1.29 is 4.79 Å². The lowest BCUT2D eigenvalue weighted by Gasteiger charge is -2.38. The van der Waals surface area contributed by atoms with Crippen molar-refractivity contribution in [3.05, 3.63) is 0 Å². The van der Waals surface area contributed by atoms with E-state index in [-0.39, 0.29) is 22.7 Å². The fourth-order valence-electron chi connectivity index (χ4n) is 2.34. The molecule has 0 aromatic heterocycles. The first-order valence-corrected chi connectivity index (χ1v) is 7.18. The van der Waals surface area contributed by atoms with Crippen molar-refractivity contribution in [2.24, 2.45) is 5.41 Å². The molecule has 0 heterocycles. The minimum absolute atomic E-state index is 0.133. The summed E-state index contributed by atoms with van der Waals surface area (Å²) in [4.78, 5) is 11.5. The zero-order valence-corrected chi connectivity index (χ0v) is 11.3. The van der Waals surface area contributed by atoms with E-state index >= 15 is 0 Å². The van der Waals surface area contributed by atoms with Crippen LogP contribution in [0.15, 0.2) is 0 Å². The first-order chi connectivity index (χ1) is 6.93. The molecule has 0 aromatic rings. The molecule has 4 heteroatoms. The van der Waals surface area contributed by atoms with Gasteiger partial charge in [0.1, 0.15) is 0 Å². The number of halogens is 1. The SMILES string of the molecule is CSCC(=O)NC1CC(Cl)CC(C)(C)C1. The average molecular weight is 250 g/mol. The molecule has 1 aliphatic rings. The molecular weight excluding hydrogens is 230 g/mol. The van der Waals surface area contributed by atoms with Crippen LogP contribution >= 0.6 is 23.4 Å². The summed E-state index contributed by atoms with van der Waals surface area (Å²) in [5.74, 6) is 0.679. The Labute approximate surface area is 102 Å². The number of hydrogen-bond donors (Lipinski definition) is 1. The quantitative estimate of drug-likeness (QED) is 0.780. The lowest BCUT2D eigenvalue weighted by atomic mass is 9.75. The molecule has 0 radical (unpaired) electrons. The second kappa shape index (κ2) is 5.44. The molecule has 2 unspecified atom stereocenters. The normalized spacial score (nSPS) is 29.9. The first kappa shape index (κ1) is 13.2. The van der Waals surface area contributed by atoms with E-state index in [1.54, 1.807) is 11.8 Å². The maximum absolute atomic E-state index is 11.5. The minimum Gasteiger partial charge on any atom is -0.353 e. The third-order valence-corrected chi connectivity index (χ3v) is 3.64. The number of carbonyl (C=O) groups excluding carboxylic acids is 1. The van der Waals surface area contributed by atoms with Crippen LogP contribution in [0, 0.1) is 5.41 Å². The largest absolute Gasteiger partial charge is 0.353 e. The van der Waals surface area contributed by atoms with Crippen molar-refractivity contribution in [3.63, 3.8) is 0 Å². The highest BCUT2D eigenvalue weighted by Gasteiger charge is 2.33. The number of hydrogen-bond acceptors (Lipinski definition) is 2. The maximum atomic E-state index is 11.5. The van der Waals surface area contributed by atoms with Gasteiger partial charge in [-0.3, -0.25) is 4.79 Å². The second-order valence-electron chi connectivity index (χ2n) is 5.10. The standard InChI is InChI=1S/C11H20ClNOS/c1-11(2)5-8(12)4-9(6-11)13-10(14)7-15-3/h8-9H,4-7H2,1-3H3,(H,13,14). The number of amides is 1. The van der Waals surface area contributed by atoms with Crippen LogP contribution in [0.3, 0.4) is 0 Å². The Balaban J connectivity index is 2.45. The van der Waals surface area contributed by atoms with E-state index in [0.717, 1.165) is 19.3 Å². The fraction of sp³-hybridized carbons (Fsp3) is 0.909. The van der Waals surface area contributed by atoms with Gasteiger partial charge in [-0.25, -0.2) is 0 Å². The molecule has 0 aromatic carbocycles. The summed E-state index contributed by atoms with van der Waals surface area (Å²) in [5.41, 5.74) is 0.252. The van der Waals surface area contributed by atoms with Crippen molar-refractivity contribution in [2.75, 3.05) is 12.0 Å². The van der Waals surface area contributed by atoms with Crippen molar-refractivity contribution in [3.8, 4) is 0 Å². The van der Waals surface area contributed by atoms with Crippen molar-refractivity contribution >= 4 is 29.3 Å². The van der Waals surface area contributed by atoms with Gasteiger partial charge >= 0.3 is 0 Å². The number of nitrogens with one attached hydrogen (secondary N) is 1. The van der Waals surface area contributed by atoms with Crippen molar-refractivity contribution in [1.29, 1.82) is 0 Å². The summed E-state index contributed by atoms with van der Waals surface area (Å²) in [6.45, 7) is 4.44. The topological polar surface area (TPSA) is 29.1 Å². The highest BCUT2D eigenvalue weighted by Crippen LogP contribution is 2.37. The predicted molar refractivity (Wildman–Crippen MR) is 67.6 cm³/mol. The predicted octanol–water partition coefficient (Wildman–Crippen LogP) is 2.65. The van der Waals surface area contributed by atoms with Crippen LogP contribution in [0.1, 0.15) is 33.1 Å². The maximum Gasteiger partial charge on any atom is 0.230 e. The van der Waals surface area contributed by atoms with E-state index in [2.05, 4.69) is 19.2 Å². The van der Waals surface area contributed by atoms with Gasteiger partial charge in [0.2, 0.25) is 5.91 Å². The van der Waals surface area contributed by atoms with E-state index < -0.39 is 0 Å². The monoisotopic (exact) mass is 249 g/mol. The molecule has 0 spiro atoms. The Kier molecular flexibility index (Phi) is 4.78. The first-order valence-electron chi connectivity index (χ1n) is 5.35.